The van der Waals surface area contributed by atoms with Crippen LogP contribution in [0.2, 0.25) is 0 Å². The van der Waals surface area contributed by atoms with Gasteiger partial charge in [0.15, 0.2) is 0 Å². The summed E-state index contributed by atoms with van der Waals surface area (Å²) in [5, 5.41) is 19.4. The summed E-state index contributed by atoms with van der Waals surface area (Å²) in [4.78, 5) is 0. The average molecular weight is 246 g/mol. The van der Waals surface area contributed by atoms with Gasteiger partial charge in [-0.3, -0.25) is 0 Å². The van der Waals surface area contributed by atoms with Crippen molar-refractivity contribution in [1.82, 2.24) is 0 Å². The molecule has 0 saturated carbocycles. The average Bonchev–Trinajstić information content (AvgIpc) is 2.22. The van der Waals surface area contributed by atoms with Crippen LogP contribution in [0.3, 0.4) is 0 Å². The fraction of sp³-hybridized carbons (Fsp3) is 1.00. The lowest BCUT2D eigenvalue weighted by molar-refractivity contribution is -0.933. The monoisotopic (exact) mass is 246 g/mol. The van der Waals surface area contributed by atoms with Gasteiger partial charge in [-0.2, -0.15) is 0 Å². The smallest absolute Gasteiger partial charge is 0.105 e. The van der Waals surface area contributed by atoms with Crippen molar-refractivity contribution in [2.75, 3.05) is 26.2 Å². The number of unbranched alkanes of at least 4 members (excludes halogenated alkanes) is 2. The van der Waals surface area contributed by atoms with Gasteiger partial charge in [0.1, 0.15) is 25.3 Å². The molecule has 0 heterocycles. The quantitative estimate of drug-likeness (QED) is 0.580. The van der Waals surface area contributed by atoms with Crippen LogP contribution in [0.15, 0.2) is 0 Å². The minimum atomic E-state index is -0.289. The second kappa shape index (κ2) is 8.90. The highest BCUT2D eigenvalue weighted by Crippen LogP contribution is 2.15. The molecule has 104 valence electrons. The number of aliphatic hydroxyl groups excluding tert-OH is 2. The Labute approximate surface area is 107 Å². The van der Waals surface area contributed by atoms with E-state index in [1.165, 1.54) is 25.7 Å². The van der Waals surface area contributed by atoms with Gasteiger partial charge in [-0.1, -0.05) is 26.7 Å². The normalized spacial score (nSPS) is 15.9. The second-order valence-corrected chi connectivity index (χ2v) is 5.56. The summed E-state index contributed by atoms with van der Waals surface area (Å²) < 4.78 is 0.872. The third kappa shape index (κ3) is 7.74. The summed E-state index contributed by atoms with van der Waals surface area (Å²) in [5.41, 5.74) is 0. The van der Waals surface area contributed by atoms with Crippen molar-refractivity contribution >= 4 is 0 Å². The van der Waals surface area contributed by atoms with Crippen molar-refractivity contribution in [3.05, 3.63) is 0 Å². The Morgan fingerprint density at radius 2 is 1.18 bits per heavy atom. The van der Waals surface area contributed by atoms with Crippen LogP contribution in [0, 0.1) is 0 Å². The van der Waals surface area contributed by atoms with Gasteiger partial charge in [0.25, 0.3) is 0 Å². The summed E-state index contributed by atoms with van der Waals surface area (Å²) in [7, 11) is 0. The minimum absolute atomic E-state index is 0.289. The fourth-order valence-electron chi connectivity index (χ4n) is 2.66. The van der Waals surface area contributed by atoms with Gasteiger partial charge < -0.3 is 14.7 Å². The van der Waals surface area contributed by atoms with E-state index in [9.17, 15) is 10.2 Å². The van der Waals surface area contributed by atoms with E-state index in [2.05, 4.69) is 13.8 Å². The largest absolute Gasteiger partial charge is 0.388 e. The minimum Gasteiger partial charge on any atom is -0.388 e. The molecular formula is C14H32NO2+. The highest BCUT2D eigenvalue weighted by atomic mass is 16.3. The number of hydrogen-bond acceptors (Lipinski definition) is 2. The van der Waals surface area contributed by atoms with Crippen molar-refractivity contribution in [1.29, 1.82) is 0 Å². The Bertz CT molecular complexity index is 161. The Hall–Kier alpha value is -0.120. The van der Waals surface area contributed by atoms with E-state index in [-0.39, 0.29) is 12.2 Å². The van der Waals surface area contributed by atoms with Crippen molar-refractivity contribution in [3.8, 4) is 0 Å². The molecule has 0 amide bonds. The summed E-state index contributed by atoms with van der Waals surface area (Å²) in [6.45, 7) is 11.8. The maximum Gasteiger partial charge on any atom is 0.105 e. The van der Waals surface area contributed by atoms with Crippen LogP contribution in [0.25, 0.3) is 0 Å². The third-order valence-corrected chi connectivity index (χ3v) is 3.28. The molecule has 0 saturated heterocycles. The van der Waals surface area contributed by atoms with Gasteiger partial charge in [-0.05, 0) is 26.7 Å². The first-order valence-corrected chi connectivity index (χ1v) is 7.17. The van der Waals surface area contributed by atoms with Crippen LogP contribution in [0.5, 0.6) is 0 Å². The van der Waals surface area contributed by atoms with Crippen molar-refractivity contribution < 1.29 is 14.7 Å². The van der Waals surface area contributed by atoms with Gasteiger partial charge in [0.05, 0.1) is 13.1 Å². The van der Waals surface area contributed by atoms with E-state index in [1.54, 1.807) is 0 Å². The third-order valence-electron chi connectivity index (χ3n) is 3.28. The standard InChI is InChI=1S/C14H32NO2/c1-5-7-9-15(10-8-6-2,11-13(3)16)12-14(4)17/h13-14,16-17H,5-12H2,1-4H3/q+1. The molecule has 0 aliphatic carbocycles. The van der Waals surface area contributed by atoms with Crippen molar-refractivity contribution in [2.24, 2.45) is 0 Å². The number of nitrogens with zero attached hydrogens (tertiary/aromatic N) is 1. The lowest BCUT2D eigenvalue weighted by Crippen LogP contribution is -2.56. The molecule has 0 fully saturated rings. The Morgan fingerprint density at radius 1 is 0.824 bits per heavy atom. The molecule has 0 rings (SSSR count). The number of rotatable bonds is 10. The molecule has 17 heavy (non-hydrogen) atoms. The van der Waals surface area contributed by atoms with E-state index in [4.69, 9.17) is 0 Å². The van der Waals surface area contributed by atoms with E-state index in [0.717, 1.165) is 30.7 Å². The van der Waals surface area contributed by atoms with E-state index < -0.39 is 0 Å². The molecular weight excluding hydrogens is 214 g/mol. The number of aliphatic hydroxyl groups is 2. The Balaban J connectivity index is 4.63. The van der Waals surface area contributed by atoms with Crippen LogP contribution >= 0.6 is 0 Å². The zero-order valence-electron chi connectivity index (χ0n) is 12.2. The van der Waals surface area contributed by atoms with Crippen LogP contribution in [-0.4, -0.2) is 53.1 Å². The predicted molar refractivity (Wildman–Crippen MR) is 72.9 cm³/mol. The lowest BCUT2D eigenvalue weighted by atomic mass is 10.1. The summed E-state index contributed by atoms with van der Waals surface area (Å²) in [5.74, 6) is 0. The molecule has 0 aliphatic heterocycles. The van der Waals surface area contributed by atoms with Gasteiger partial charge in [-0.25, -0.2) is 0 Å². The maximum absolute atomic E-state index is 9.70. The molecule has 0 radical (unpaired) electrons. The van der Waals surface area contributed by atoms with Gasteiger partial charge >= 0.3 is 0 Å². The summed E-state index contributed by atoms with van der Waals surface area (Å²) >= 11 is 0. The van der Waals surface area contributed by atoms with Crippen LogP contribution < -0.4 is 0 Å². The van der Waals surface area contributed by atoms with Gasteiger partial charge in [-0.15, -0.1) is 0 Å². The van der Waals surface area contributed by atoms with Crippen LogP contribution in [0.1, 0.15) is 53.4 Å². The molecule has 3 nitrogen and oxygen atoms in total. The number of quaternary nitrogens is 1. The molecule has 0 aromatic carbocycles. The molecule has 0 aromatic heterocycles. The van der Waals surface area contributed by atoms with E-state index in [1.807, 2.05) is 13.8 Å². The first kappa shape index (κ1) is 16.9. The highest BCUT2D eigenvalue weighted by Gasteiger charge is 2.29. The SMILES string of the molecule is CCCC[N+](CCCC)(CC(C)O)CC(C)O. The van der Waals surface area contributed by atoms with Crippen LogP contribution in [0.4, 0.5) is 0 Å². The van der Waals surface area contributed by atoms with Crippen LogP contribution in [-0.2, 0) is 0 Å². The summed E-state index contributed by atoms with van der Waals surface area (Å²) in [6.07, 6.45) is 4.11. The zero-order valence-corrected chi connectivity index (χ0v) is 12.2. The second-order valence-electron chi connectivity index (χ2n) is 5.56. The van der Waals surface area contributed by atoms with Crippen molar-refractivity contribution in [2.45, 2.75) is 65.6 Å². The maximum atomic E-state index is 9.70. The molecule has 0 spiro atoms. The molecule has 0 aliphatic rings. The first-order chi connectivity index (χ1) is 7.95. The van der Waals surface area contributed by atoms with Gasteiger partial charge in [0.2, 0.25) is 0 Å². The lowest BCUT2D eigenvalue weighted by Gasteiger charge is -2.40. The molecule has 2 atom stereocenters. The molecule has 3 heteroatoms. The summed E-state index contributed by atoms with van der Waals surface area (Å²) in [6, 6.07) is 0. The molecule has 0 aromatic rings. The van der Waals surface area contributed by atoms with E-state index in [0.29, 0.717) is 0 Å². The Kier molecular flexibility index (Phi) is 8.83. The molecule has 0 bridgehead atoms. The predicted octanol–water partition coefficient (Wildman–Crippen LogP) is 2.17. The van der Waals surface area contributed by atoms with Gasteiger partial charge in [0, 0.05) is 0 Å². The highest BCUT2D eigenvalue weighted by molar-refractivity contribution is 4.55. The van der Waals surface area contributed by atoms with Crippen molar-refractivity contribution in [3.63, 3.8) is 0 Å². The topological polar surface area (TPSA) is 40.5 Å². The zero-order chi connectivity index (χ0) is 13.3. The van der Waals surface area contributed by atoms with E-state index >= 15 is 0 Å². The molecule has 2 unspecified atom stereocenters. The molecule has 2 N–H and O–H groups in total. The Morgan fingerprint density at radius 3 is 1.41 bits per heavy atom. The number of hydrogen-bond donors (Lipinski definition) is 2. The first-order valence-electron chi connectivity index (χ1n) is 7.17. The fourth-order valence-corrected chi connectivity index (χ4v) is 2.66.